The Morgan fingerprint density at radius 2 is 1.80 bits per heavy atom. The van der Waals surface area contributed by atoms with E-state index in [0.717, 1.165) is 38.9 Å². The van der Waals surface area contributed by atoms with Crippen LogP contribution in [-0.2, 0) is 19.0 Å². The Bertz CT molecular complexity index is 266. The monoisotopic (exact) mass is 284 g/mol. The minimum atomic E-state index is -0.0328. The van der Waals surface area contributed by atoms with E-state index in [4.69, 9.17) is 14.2 Å². The Kier molecular flexibility index (Phi) is 6.80. The molecule has 0 aromatic heterocycles. The lowest BCUT2D eigenvalue weighted by Gasteiger charge is -2.37. The lowest BCUT2D eigenvalue weighted by molar-refractivity contribution is -0.231. The summed E-state index contributed by atoms with van der Waals surface area (Å²) in [5.74, 6) is 1.05. The smallest absolute Gasteiger partial charge is 0.293 e. The van der Waals surface area contributed by atoms with Crippen LogP contribution >= 0.6 is 0 Å². The highest BCUT2D eigenvalue weighted by Crippen LogP contribution is 2.32. The van der Waals surface area contributed by atoms with Gasteiger partial charge in [-0.25, -0.2) is 0 Å². The lowest BCUT2D eigenvalue weighted by Crippen LogP contribution is -2.39. The van der Waals surface area contributed by atoms with Crippen molar-refractivity contribution >= 4 is 6.47 Å². The summed E-state index contributed by atoms with van der Waals surface area (Å²) >= 11 is 0. The van der Waals surface area contributed by atoms with Crippen molar-refractivity contribution in [2.45, 2.75) is 70.7 Å². The Morgan fingerprint density at radius 1 is 1.10 bits per heavy atom. The maximum atomic E-state index is 10.3. The van der Waals surface area contributed by atoms with Crippen LogP contribution in [0.25, 0.3) is 0 Å². The van der Waals surface area contributed by atoms with Crippen molar-refractivity contribution in [3.63, 3.8) is 0 Å². The van der Waals surface area contributed by atoms with E-state index in [2.05, 4.69) is 6.92 Å². The molecule has 0 unspecified atom stereocenters. The third kappa shape index (κ3) is 4.74. The summed E-state index contributed by atoms with van der Waals surface area (Å²) in [5.41, 5.74) is 0. The third-order valence-electron chi connectivity index (χ3n) is 4.56. The van der Waals surface area contributed by atoms with E-state index < -0.39 is 0 Å². The number of hydrogen-bond acceptors (Lipinski definition) is 4. The standard InChI is InChI=1S/C16H28O4/c1-2-3-4-5-13-10-18-16(19-11-13)14-6-8-15(9-7-14)20-12-17/h12-16H,2-11H2,1H3. The summed E-state index contributed by atoms with van der Waals surface area (Å²) in [7, 11) is 0. The molecule has 4 nitrogen and oxygen atoms in total. The Balaban J connectivity index is 1.63. The molecular formula is C16H28O4. The molecule has 0 bridgehead atoms. The average molecular weight is 284 g/mol. The summed E-state index contributed by atoms with van der Waals surface area (Å²) in [6, 6.07) is 0. The molecule has 1 aliphatic heterocycles. The molecule has 20 heavy (non-hydrogen) atoms. The molecule has 0 aromatic rings. The van der Waals surface area contributed by atoms with Crippen LogP contribution in [0.4, 0.5) is 0 Å². The molecule has 2 aliphatic rings. The van der Waals surface area contributed by atoms with E-state index in [1.807, 2.05) is 0 Å². The van der Waals surface area contributed by atoms with E-state index in [-0.39, 0.29) is 12.4 Å². The second-order valence-electron chi connectivity index (χ2n) is 6.17. The maximum Gasteiger partial charge on any atom is 0.293 e. The van der Waals surface area contributed by atoms with Gasteiger partial charge in [-0.05, 0) is 32.1 Å². The Labute approximate surface area is 122 Å². The van der Waals surface area contributed by atoms with Crippen molar-refractivity contribution in [1.29, 1.82) is 0 Å². The van der Waals surface area contributed by atoms with Crippen LogP contribution < -0.4 is 0 Å². The molecule has 0 N–H and O–H groups in total. The molecule has 116 valence electrons. The van der Waals surface area contributed by atoms with Crippen molar-refractivity contribution in [2.24, 2.45) is 11.8 Å². The number of hydrogen-bond donors (Lipinski definition) is 0. The molecule has 1 saturated carbocycles. The van der Waals surface area contributed by atoms with Crippen LogP contribution in [0.1, 0.15) is 58.3 Å². The first-order valence-electron chi connectivity index (χ1n) is 8.15. The Morgan fingerprint density at radius 3 is 2.40 bits per heavy atom. The molecule has 2 fully saturated rings. The van der Waals surface area contributed by atoms with Gasteiger partial charge in [0.1, 0.15) is 6.10 Å². The van der Waals surface area contributed by atoms with Crippen LogP contribution in [0, 0.1) is 11.8 Å². The van der Waals surface area contributed by atoms with Gasteiger partial charge in [0.2, 0.25) is 0 Å². The molecule has 0 atom stereocenters. The van der Waals surface area contributed by atoms with Crippen molar-refractivity contribution in [1.82, 2.24) is 0 Å². The highest BCUT2D eigenvalue weighted by molar-refractivity contribution is 5.37. The first-order valence-corrected chi connectivity index (χ1v) is 8.15. The predicted molar refractivity (Wildman–Crippen MR) is 76.2 cm³/mol. The first-order chi connectivity index (χ1) is 9.83. The van der Waals surface area contributed by atoms with Crippen LogP contribution in [-0.4, -0.2) is 32.1 Å². The summed E-state index contributed by atoms with van der Waals surface area (Å²) < 4.78 is 16.9. The van der Waals surface area contributed by atoms with E-state index in [0.29, 0.717) is 18.3 Å². The molecule has 2 rings (SSSR count). The van der Waals surface area contributed by atoms with Crippen molar-refractivity contribution in [3.05, 3.63) is 0 Å². The molecule has 0 aromatic carbocycles. The number of rotatable bonds is 7. The van der Waals surface area contributed by atoms with Gasteiger partial charge < -0.3 is 14.2 Å². The zero-order chi connectivity index (χ0) is 14.2. The van der Waals surface area contributed by atoms with Gasteiger partial charge in [0.25, 0.3) is 6.47 Å². The topological polar surface area (TPSA) is 44.8 Å². The molecular weight excluding hydrogens is 256 g/mol. The molecule has 1 heterocycles. The van der Waals surface area contributed by atoms with E-state index in [1.54, 1.807) is 0 Å². The van der Waals surface area contributed by atoms with Gasteiger partial charge in [-0.15, -0.1) is 0 Å². The normalized spacial score (nSPS) is 34.6. The minimum absolute atomic E-state index is 0.0328. The highest BCUT2D eigenvalue weighted by atomic mass is 16.7. The zero-order valence-electron chi connectivity index (χ0n) is 12.6. The molecule has 0 spiro atoms. The van der Waals surface area contributed by atoms with Crippen molar-refractivity contribution in [2.75, 3.05) is 13.2 Å². The number of unbranched alkanes of at least 4 members (excludes halogenated alkanes) is 2. The summed E-state index contributed by atoms with van der Waals surface area (Å²) in [6.45, 7) is 4.49. The van der Waals surface area contributed by atoms with Gasteiger partial charge in [0.15, 0.2) is 6.29 Å². The maximum absolute atomic E-state index is 10.3. The second-order valence-corrected chi connectivity index (χ2v) is 6.17. The van der Waals surface area contributed by atoms with Gasteiger partial charge in [0.05, 0.1) is 13.2 Å². The predicted octanol–water partition coefficient (Wildman–Crippen LogP) is 3.29. The fourth-order valence-corrected chi connectivity index (χ4v) is 3.26. The fraction of sp³-hybridized carbons (Fsp3) is 0.938. The van der Waals surface area contributed by atoms with Crippen LogP contribution in [0.5, 0.6) is 0 Å². The summed E-state index contributed by atoms with van der Waals surface area (Å²) in [5, 5.41) is 0. The van der Waals surface area contributed by atoms with Crippen molar-refractivity contribution in [3.8, 4) is 0 Å². The van der Waals surface area contributed by atoms with Gasteiger partial charge in [0, 0.05) is 11.8 Å². The third-order valence-corrected chi connectivity index (χ3v) is 4.56. The minimum Gasteiger partial charge on any atom is -0.465 e. The van der Waals surface area contributed by atoms with Crippen LogP contribution in [0.2, 0.25) is 0 Å². The van der Waals surface area contributed by atoms with Crippen LogP contribution in [0.15, 0.2) is 0 Å². The summed E-state index contributed by atoms with van der Waals surface area (Å²) in [4.78, 5) is 10.3. The average Bonchev–Trinajstić information content (AvgIpc) is 2.49. The van der Waals surface area contributed by atoms with Crippen LogP contribution in [0.3, 0.4) is 0 Å². The van der Waals surface area contributed by atoms with Gasteiger partial charge in [-0.3, -0.25) is 4.79 Å². The van der Waals surface area contributed by atoms with Crippen molar-refractivity contribution < 1.29 is 19.0 Å². The number of carbonyl (C=O) groups is 1. The largest absolute Gasteiger partial charge is 0.465 e. The number of ether oxygens (including phenoxy) is 3. The molecule has 1 saturated heterocycles. The van der Waals surface area contributed by atoms with Gasteiger partial charge >= 0.3 is 0 Å². The fourth-order valence-electron chi connectivity index (χ4n) is 3.26. The molecule has 1 aliphatic carbocycles. The SMILES string of the molecule is CCCCCC1COC(C2CCC(OC=O)CC2)OC1. The molecule has 0 amide bonds. The quantitative estimate of drug-likeness (QED) is 0.531. The van der Waals surface area contributed by atoms with E-state index in [9.17, 15) is 4.79 Å². The van der Waals surface area contributed by atoms with Gasteiger partial charge in [-0.2, -0.15) is 0 Å². The van der Waals surface area contributed by atoms with E-state index in [1.165, 1.54) is 25.7 Å². The molecule has 4 heteroatoms. The molecule has 0 radical (unpaired) electrons. The lowest BCUT2D eigenvalue weighted by atomic mass is 9.86. The summed E-state index contributed by atoms with van der Waals surface area (Å²) in [6.07, 6.45) is 9.09. The van der Waals surface area contributed by atoms with Gasteiger partial charge in [-0.1, -0.05) is 26.2 Å². The second kappa shape index (κ2) is 8.63. The zero-order valence-corrected chi connectivity index (χ0v) is 12.6. The van der Waals surface area contributed by atoms with E-state index >= 15 is 0 Å². The number of carbonyl (C=O) groups excluding carboxylic acids is 1. The highest BCUT2D eigenvalue weighted by Gasteiger charge is 2.32. The Hall–Kier alpha value is -0.610. The first kappa shape index (κ1) is 15.8.